The van der Waals surface area contributed by atoms with Gasteiger partial charge >= 0.3 is 0 Å². The smallest absolute Gasteiger partial charge is 0.149 e. The molecule has 3 aromatic rings. The standard InChI is InChI=1S/C20H19ClN2OS/c1-14-20(25)23(13-16-8-10-17(24-2)11-9-16)18(19(21)22-14)12-15-6-4-3-5-7-15/h3-11H,12-13H2,1-2H3. The van der Waals surface area contributed by atoms with E-state index in [1.165, 1.54) is 5.56 Å². The summed E-state index contributed by atoms with van der Waals surface area (Å²) in [7, 11) is 1.66. The van der Waals surface area contributed by atoms with Crippen LogP contribution in [-0.4, -0.2) is 16.7 Å². The highest BCUT2D eigenvalue weighted by atomic mass is 35.5. The van der Waals surface area contributed by atoms with Crippen LogP contribution in [0.1, 0.15) is 22.5 Å². The van der Waals surface area contributed by atoms with Gasteiger partial charge in [-0.15, -0.1) is 0 Å². The Balaban J connectivity index is 2.02. The lowest BCUT2D eigenvalue weighted by Gasteiger charge is -2.17. The van der Waals surface area contributed by atoms with Crippen LogP contribution in [0.2, 0.25) is 5.15 Å². The van der Waals surface area contributed by atoms with Crippen LogP contribution < -0.4 is 4.74 Å². The van der Waals surface area contributed by atoms with E-state index in [1.807, 2.05) is 49.4 Å². The van der Waals surface area contributed by atoms with Gasteiger partial charge in [-0.1, -0.05) is 66.3 Å². The summed E-state index contributed by atoms with van der Waals surface area (Å²) in [6.45, 7) is 2.54. The number of ether oxygens (including phenoxy) is 1. The first kappa shape index (κ1) is 17.6. The second-order valence-electron chi connectivity index (χ2n) is 5.84. The van der Waals surface area contributed by atoms with E-state index in [1.54, 1.807) is 7.11 Å². The van der Waals surface area contributed by atoms with Crippen molar-refractivity contribution in [3.8, 4) is 5.75 Å². The van der Waals surface area contributed by atoms with Crippen molar-refractivity contribution < 1.29 is 4.74 Å². The molecule has 0 unspecified atom stereocenters. The molecule has 1 heterocycles. The summed E-state index contributed by atoms with van der Waals surface area (Å²) in [6, 6.07) is 18.2. The largest absolute Gasteiger partial charge is 0.497 e. The molecule has 0 saturated heterocycles. The lowest BCUT2D eigenvalue weighted by Crippen LogP contribution is -2.13. The Morgan fingerprint density at radius 2 is 1.72 bits per heavy atom. The van der Waals surface area contributed by atoms with Crippen molar-refractivity contribution in [1.82, 2.24) is 9.55 Å². The summed E-state index contributed by atoms with van der Waals surface area (Å²) in [6.07, 6.45) is 0.687. The minimum Gasteiger partial charge on any atom is -0.497 e. The maximum Gasteiger partial charge on any atom is 0.149 e. The van der Waals surface area contributed by atoms with Gasteiger partial charge in [0, 0.05) is 13.0 Å². The molecule has 0 aliphatic carbocycles. The van der Waals surface area contributed by atoms with Gasteiger partial charge in [-0.25, -0.2) is 4.98 Å². The molecule has 128 valence electrons. The Bertz CT molecular complexity index is 921. The number of rotatable bonds is 5. The summed E-state index contributed by atoms with van der Waals surface area (Å²) in [4.78, 5) is 4.42. The van der Waals surface area contributed by atoms with Crippen molar-refractivity contribution >= 4 is 23.8 Å². The van der Waals surface area contributed by atoms with Crippen molar-refractivity contribution in [3.05, 3.63) is 86.9 Å². The number of methoxy groups -OCH3 is 1. The van der Waals surface area contributed by atoms with E-state index in [2.05, 4.69) is 21.7 Å². The molecule has 0 atom stereocenters. The van der Waals surface area contributed by atoms with E-state index in [9.17, 15) is 0 Å². The maximum atomic E-state index is 6.47. The quantitative estimate of drug-likeness (QED) is 0.576. The Kier molecular flexibility index (Phi) is 5.51. The zero-order valence-electron chi connectivity index (χ0n) is 14.2. The Labute approximate surface area is 157 Å². The molecule has 1 aromatic heterocycles. The normalized spacial score (nSPS) is 10.7. The molecule has 25 heavy (non-hydrogen) atoms. The second kappa shape index (κ2) is 7.81. The molecule has 0 aliphatic heterocycles. The average Bonchev–Trinajstić information content (AvgIpc) is 2.64. The first-order valence-corrected chi connectivity index (χ1v) is 8.80. The highest BCUT2D eigenvalue weighted by Gasteiger charge is 2.12. The van der Waals surface area contributed by atoms with E-state index in [0.29, 0.717) is 22.8 Å². The van der Waals surface area contributed by atoms with E-state index >= 15 is 0 Å². The number of hydrogen-bond donors (Lipinski definition) is 0. The number of hydrogen-bond acceptors (Lipinski definition) is 3. The first-order valence-electron chi connectivity index (χ1n) is 8.01. The van der Waals surface area contributed by atoms with Crippen molar-refractivity contribution in [1.29, 1.82) is 0 Å². The van der Waals surface area contributed by atoms with Gasteiger partial charge in [-0.3, -0.25) is 0 Å². The molecule has 0 spiro atoms. The molecular formula is C20H19ClN2OS. The second-order valence-corrected chi connectivity index (χ2v) is 6.58. The molecule has 0 bridgehead atoms. The molecule has 0 N–H and O–H groups in total. The Morgan fingerprint density at radius 1 is 1.04 bits per heavy atom. The van der Waals surface area contributed by atoms with Gasteiger partial charge in [0.05, 0.1) is 18.5 Å². The zero-order valence-corrected chi connectivity index (χ0v) is 15.8. The van der Waals surface area contributed by atoms with Gasteiger partial charge < -0.3 is 9.30 Å². The summed E-state index contributed by atoms with van der Waals surface area (Å²) in [5.74, 6) is 0.834. The fourth-order valence-electron chi connectivity index (χ4n) is 2.73. The van der Waals surface area contributed by atoms with Crippen LogP contribution in [-0.2, 0) is 13.0 Å². The van der Waals surface area contributed by atoms with Crippen LogP contribution in [0.25, 0.3) is 0 Å². The van der Waals surface area contributed by atoms with Gasteiger partial charge in [0.25, 0.3) is 0 Å². The Hall–Kier alpha value is -2.17. The van der Waals surface area contributed by atoms with E-state index < -0.39 is 0 Å². The fraction of sp³-hybridized carbons (Fsp3) is 0.200. The van der Waals surface area contributed by atoms with E-state index in [4.69, 9.17) is 28.6 Å². The van der Waals surface area contributed by atoms with Crippen molar-refractivity contribution in [2.75, 3.05) is 7.11 Å². The summed E-state index contributed by atoms with van der Waals surface area (Å²) >= 11 is 12.1. The molecule has 0 fully saturated rings. The van der Waals surface area contributed by atoms with Crippen LogP contribution in [0.5, 0.6) is 5.75 Å². The number of halogens is 1. The third kappa shape index (κ3) is 4.09. The first-order chi connectivity index (χ1) is 12.1. The van der Waals surface area contributed by atoms with Gasteiger partial charge in [0.15, 0.2) is 0 Å². The van der Waals surface area contributed by atoms with Crippen LogP contribution in [0, 0.1) is 11.6 Å². The lowest BCUT2D eigenvalue weighted by molar-refractivity contribution is 0.414. The van der Waals surface area contributed by atoms with E-state index in [-0.39, 0.29) is 0 Å². The molecule has 0 saturated carbocycles. The molecular weight excluding hydrogens is 352 g/mol. The van der Waals surface area contributed by atoms with Crippen LogP contribution in [0.15, 0.2) is 54.6 Å². The van der Waals surface area contributed by atoms with Gasteiger partial charge in [0.2, 0.25) is 0 Å². The number of benzene rings is 2. The summed E-state index contributed by atoms with van der Waals surface area (Å²) in [5, 5.41) is 0.503. The minimum atomic E-state index is 0.503. The predicted molar refractivity (Wildman–Crippen MR) is 104 cm³/mol. The van der Waals surface area contributed by atoms with Crippen molar-refractivity contribution in [2.24, 2.45) is 0 Å². The van der Waals surface area contributed by atoms with Gasteiger partial charge in [-0.05, 0) is 30.2 Å². The molecule has 2 aromatic carbocycles. The molecule has 5 heteroatoms. The number of nitrogens with zero attached hydrogens (tertiary/aromatic N) is 2. The van der Waals surface area contributed by atoms with Gasteiger partial charge in [0.1, 0.15) is 15.5 Å². The SMILES string of the molecule is COc1ccc(Cn2c(Cc3ccccc3)c(Cl)nc(C)c2=S)cc1. The molecule has 0 amide bonds. The van der Waals surface area contributed by atoms with Crippen molar-refractivity contribution in [3.63, 3.8) is 0 Å². The molecule has 0 radical (unpaired) electrons. The average molecular weight is 371 g/mol. The molecule has 3 nitrogen and oxygen atoms in total. The Morgan fingerprint density at radius 3 is 2.36 bits per heavy atom. The number of aryl methyl sites for hydroxylation is 1. The third-order valence-corrected chi connectivity index (χ3v) is 4.92. The predicted octanol–water partition coefficient (Wildman–Crippen LogP) is 5.22. The van der Waals surface area contributed by atoms with E-state index in [0.717, 1.165) is 22.7 Å². The molecule has 3 rings (SSSR count). The monoisotopic (exact) mass is 370 g/mol. The molecule has 0 aliphatic rings. The van der Waals surface area contributed by atoms with Crippen molar-refractivity contribution in [2.45, 2.75) is 19.9 Å². The fourth-order valence-corrected chi connectivity index (χ4v) is 3.24. The van der Waals surface area contributed by atoms with Gasteiger partial charge in [-0.2, -0.15) is 0 Å². The topological polar surface area (TPSA) is 27.1 Å². The summed E-state index contributed by atoms with van der Waals surface area (Å²) in [5.41, 5.74) is 4.01. The van der Waals surface area contributed by atoms with Crippen LogP contribution in [0.3, 0.4) is 0 Å². The lowest BCUT2D eigenvalue weighted by atomic mass is 10.1. The maximum absolute atomic E-state index is 6.47. The summed E-state index contributed by atoms with van der Waals surface area (Å²) < 4.78 is 8.02. The zero-order chi connectivity index (χ0) is 17.8. The van der Waals surface area contributed by atoms with Crippen LogP contribution in [0.4, 0.5) is 0 Å². The third-order valence-electron chi connectivity index (χ3n) is 4.10. The minimum absolute atomic E-state index is 0.503. The highest BCUT2D eigenvalue weighted by molar-refractivity contribution is 7.71. The number of aromatic nitrogens is 2. The van der Waals surface area contributed by atoms with Crippen LogP contribution >= 0.6 is 23.8 Å². The highest BCUT2D eigenvalue weighted by Crippen LogP contribution is 2.22.